The molecule has 9 heteroatoms. The van der Waals surface area contributed by atoms with E-state index in [0.29, 0.717) is 28.2 Å². The fourth-order valence-electron chi connectivity index (χ4n) is 2.56. The molecule has 4 heterocycles. The Bertz CT molecular complexity index is 1130. The standard InChI is InChI=1S/C20H19N7OS/c1-20(2,3)14-11-16(27(26-14)15-7-4-5-8-21-15)25-18(28)13-12-29-19(24-13)17-22-9-6-10-23-17/h4-12H,1-3H3,(H,25,28). The number of nitrogens with one attached hydrogen (secondary N) is 1. The highest BCUT2D eigenvalue weighted by Gasteiger charge is 2.23. The third-order valence-electron chi connectivity index (χ3n) is 4.08. The second-order valence-corrected chi connectivity index (χ2v) is 8.19. The summed E-state index contributed by atoms with van der Waals surface area (Å²) < 4.78 is 1.63. The Kier molecular flexibility index (Phi) is 4.89. The van der Waals surface area contributed by atoms with Crippen LogP contribution in [0.1, 0.15) is 37.0 Å². The summed E-state index contributed by atoms with van der Waals surface area (Å²) in [6, 6.07) is 9.14. The number of rotatable bonds is 4. The number of nitrogens with zero attached hydrogens (tertiary/aromatic N) is 6. The van der Waals surface area contributed by atoms with Gasteiger partial charge in [0.1, 0.15) is 11.5 Å². The van der Waals surface area contributed by atoms with Crippen LogP contribution in [0.2, 0.25) is 0 Å². The van der Waals surface area contributed by atoms with Crippen LogP contribution >= 0.6 is 11.3 Å². The zero-order valence-corrected chi connectivity index (χ0v) is 17.0. The topological polar surface area (TPSA) is 98.5 Å². The van der Waals surface area contributed by atoms with Gasteiger partial charge in [-0.1, -0.05) is 26.8 Å². The molecule has 4 rings (SSSR count). The lowest BCUT2D eigenvalue weighted by Crippen LogP contribution is -2.16. The first kappa shape index (κ1) is 18.9. The molecule has 0 unspecified atom stereocenters. The molecule has 0 saturated heterocycles. The Morgan fingerprint density at radius 1 is 1.07 bits per heavy atom. The van der Waals surface area contributed by atoms with Gasteiger partial charge in [-0.05, 0) is 18.2 Å². The minimum Gasteiger partial charge on any atom is -0.305 e. The number of carbonyl (C=O) groups excluding carboxylic acids is 1. The van der Waals surface area contributed by atoms with Crippen LogP contribution in [0.25, 0.3) is 16.6 Å². The number of amides is 1. The van der Waals surface area contributed by atoms with Crippen LogP contribution in [0.15, 0.2) is 54.3 Å². The van der Waals surface area contributed by atoms with Crippen molar-refractivity contribution in [3.8, 4) is 16.6 Å². The van der Waals surface area contributed by atoms with Crippen molar-refractivity contribution in [1.29, 1.82) is 0 Å². The van der Waals surface area contributed by atoms with Crippen molar-refractivity contribution in [3.05, 3.63) is 65.7 Å². The van der Waals surface area contributed by atoms with Gasteiger partial charge in [0.2, 0.25) is 0 Å². The van der Waals surface area contributed by atoms with E-state index in [1.807, 2.05) is 24.3 Å². The highest BCUT2D eigenvalue weighted by Crippen LogP contribution is 2.26. The normalized spacial score (nSPS) is 11.4. The van der Waals surface area contributed by atoms with Crippen LogP contribution < -0.4 is 5.32 Å². The Hall–Kier alpha value is -3.46. The van der Waals surface area contributed by atoms with Crippen molar-refractivity contribution in [3.63, 3.8) is 0 Å². The van der Waals surface area contributed by atoms with Gasteiger partial charge in [0.05, 0.1) is 5.69 Å². The van der Waals surface area contributed by atoms with E-state index in [-0.39, 0.29) is 11.3 Å². The molecule has 8 nitrogen and oxygen atoms in total. The highest BCUT2D eigenvalue weighted by molar-refractivity contribution is 7.13. The summed E-state index contributed by atoms with van der Waals surface area (Å²) in [6.45, 7) is 6.20. The van der Waals surface area contributed by atoms with Gasteiger partial charge in [0.15, 0.2) is 16.6 Å². The monoisotopic (exact) mass is 405 g/mol. The average molecular weight is 405 g/mol. The minimum absolute atomic E-state index is 0.183. The molecule has 0 spiro atoms. The number of aromatic nitrogens is 6. The first-order valence-electron chi connectivity index (χ1n) is 8.98. The van der Waals surface area contributed by atoms with E-state index in [4.69, 9.17) is 0 Å². The molecule has 29 heavy (non-hydrogen) atoms. The summed E-state index contributed by atoms with van der Waals surface area (Å²) in [6.07, 6.45) is 4.97. The summed E-state index contributed by atoms with van der Waals surface area (Å²) in [5, 5.41) is 9.84. The lowest BCUT2D eigenvalue weighted by atomic mass is 9.92. The molecule has 0 fully saturated rings. The molecule has 0 aliphatic carbocycles. The maximum atomic E-state index is 12.8. The molecule has 0 bridgehead atoms. The van der Waals surface area contributed by atoms with Crippen molar-refractivity contribution in [2.75, 3.05) is 5.32 Å². The molecule has 0 radical (unpaired) electrons. The molecule has 1 N–H and O–H groups in total. The molecule has 4 aromatic rings. The number of hydrogen-bond donors (Lipinski definition) is 1. The Morgan fingerprint density at radius 3 is 2.52 bits per heavy atom. The van der Waals surface area contributed by atoms with Crippen molar-refractivity contribution < 1.29 is 4.79 Å². The molecular weight excluding hydrogens is 386 g/mol. The van der Waals surface area contributed by atoms with Crippen LogP contribution in [-0.2, 0) is 5.41 Å². The summed E-state index contributed by atoms with van der Waals surface area (Å²) in [5.41, 5.74) is 0.955. The van der Waals surface area contributed by atoms with Crippen LogP contribution in [0.4, 0.5) is 5.82 Å². The maximum Gasteiger partial charge on any atom is 0.276 e. The first-order valence-corrected chi connectivity index (χ1v) is 9.86. The molecule has 146 valence electrons. The molecule has 0 atom stereocenters. The highest BCUT2D eigenvalue weighted by atomic mass is 32.1. The van der Waals surface area contributed by atoms with Crippen LogP contribution in [0.5, 0.6) is 0 Å². The molecule has 0 aliphatic heterocycles. The zero-order chi connectivity index (χ0) is 20.4. The van der Waals surface area contributed by atoms with Crippen molar-refractivity contribution >= 4 is 23.1 Å². The largest absolute Gasteiger partial charge is 0.305 e. The van der Waals surface area contributed by atoms with E-state index in [0.717, 1.165) is 5.69 Å². The smallest absolute Gasteiger partial charge is 0.276 e. The number of carbonyl (C=O) groups is 1. The molecule has 0 saturated carbocycles. The number of anilines is 1. The predicted molar refractivity (Wildman–Crippen MR) is 111 cm³/mol. The van der Waals surface area contributed by atoms with Gasteiger partial charge in [-0.3, -0.25) is 4.79 Å². The second kappa shape index (κ2) is 7.51. The van der Waals surface area contributed by atoms with Gasteiger partial charge in [-0.2, -0.15) is 9.78 Å². The second-order valence-electron chi connectivity index (χ2n) is 7.33. The van der Waals surface area contributed by atoms with E-state index in [1.165, 1.54) is 11.3 Å². The van der Waals surface area contributed by atoms with Crippen LogP contribution in [0.3, 0.4) is 0 Å². The van der Waals surface area contributed by atoms with Gasteiger partial charge in [0.25, 0.3) is 5.91 Å². The van der Waals surface area contributed by atoms with E-state index < -0.39 is 0 Å². The molecule has 4 aromatic heterocycles. The number of pyridine rings is 1. The van der Waals surface area contributed by atoms with Gasteiger partial charge in [0, 0.05) is 35.5 Å². The Balaban J connectivity index is 1.64. The first-order chi connectivity index (χ1) is 13.9. The van der Waals surface area contributed by atoms with Crippen molar-refractivity contribution in [2.24, 2.45) is 0 Å². The Morgan fingerprint density at radius 2 is 1.83 bits per heavy atom. The van der Waals surface area contributed by atoms with Crippen molar-refractivity contribution in [2.45, 2.75) is 26.2 Å². The van der Waals surface area contributed by atoms with Gasteiger partial charge >= 0.3 is 0 Å². The number of thiazole rings is 1. The van der Waals surface area contributed by atoms with Gasteiger partial charge in [-0.25, -0.2) is 19.9 Å². The summed E-state index contributed by atoms with van der Waals surface area (Å²) in [5.74, 6) is 1.31. The molecule has 0 aromatic carbocycles. The SMILES string of the molecule is CC(C)(C)c1cc(NC(=O)c2csc(-c3ncccn3)n2)n(-c2ccccn2)n1. The maximum absolute atomic E-state index is 12.8. The van der Waals surface area contributed by atoms with E-state index in [2.05, 4.69) is 51.1 Å². The summed E-state index contributed by atoms with van der Waals surface area (Å²) in [4.78, 5) is 29.9. The van der Waals surface area contributed by atoms with Gasteiger partial charge in [-0.15, -0.1) is 11.3 Å². The molecule has 0 aliphatic rings. The lowest BCUT2D eigenvalue weighted by molar-refractivity contribution is 0.102. The Labute approximate surface area is 171 Å². The van der Waals surface area contributed by atoms with E-state index in [1.54, 1.807) is 34.7 Å². The summed E-state index contributed by atoms with van der Waals surface area (Å²) >= 11 is 1.32. The van der Waals surface area contributed by atoms with Crippen LogP contribution in [0, 0.1) is 0 Å². The third-order valence-corrected chi connectivity index (χ3v) is 4.92. The molecule has 1 amide bonds. The van der Waals surface area contributed by atoms with Crippen molar-refractivity contribution in [1.82, 2.24) is 29.7 Å². The number of hydrogen-bond acceptors (Lipinski definition) is 7. The predicted octanol–water partition coefficient (Wildman–Crippen LogP) is 3.73. The minimum atomic E-state index is -0.332. The fourth-order valence-corrected chi connectivity index (χ4v) is 3.31. The zero-order valence-electron chi connectivity index (χ0n) is 16.2. The molecular formula is C20H19N7OS. The fraction of sp³-hybridized carbons (Fsp3) is 0.200. The van der Waals surface area contributed by atoms with Gasteiger partial charge < -0.3 is 5.32 Å². The quantitative estimate of drug-likeness (QED) is 0.555. The van der Waals surface area contributed by atoms with E-state index >= 15 is 0 Å². The van der Waals surface area contributed by atoms with E-state index in [9.17, 15) is 4.79 Å². The average Bonchev–Trinajstić information content (AvgIpc) is 3.37. The third kappa shape index (κ3) is 4.04. The summed E-state index contributed by atoms with van der Waals surface area (Å²) in [7, 11) is 0. The van der Waals surface area contributed by atoms with Crippen LogP contribution in [-0.4, -0.2) is 35.6 Å². The lowest BCUT2D eigenvalue weighted by Gasteiger charge is -2.13.